The molecule has 0 fully saturated rings. The molecule has 0 amide bonds. The van der Waals surface area contributed by atoms with Gasteiger partial charge in [0.1, 0.15) is 16.1 Å². The summed E-state index contributed by atoms with van der Waals surface area (Å²) in [7, 11) is -3.98. The van der Waals surface area contributed by atoms with Crippen LogP contribution in [0.3, 0.4) is 0 Å². The summed E-state index contributed by atoms with van der Waals surface area (Å²) in [5, 5.41) is 16.4. The van der Waals surface area contributed by atoms with E-state index in [4.69, 9.17) is 0 Å². The maximum absolute atomic E-state index is 2.61. The van der Waals surface area contributed by atoms with Crippen LogP contribution in [0.1, 0.15) is 25.0 Å². The molecule has 23 rings (SSSR count). The topological polar surface area (TPSA) is 0 Å². The molecule has 3 aliphatic rings. The second-order valence-corrected chi connectivity index (χ2v) is 43.6. The highest BCUT2D eigenvalue weighted by molar-refractivity contribution is 7.04. The Bertz CT molecular complexity index is 7470. The Morgan fingerprint density at radius 2 is 0.380 bits per heavy atom. The van der Waals surface area contributed by atoms with Gasteiger partial charge < -0.3 is 0 Å². The zero-order valence-electron chi connectivity index (χ0n) is 68.9. The lowest BCUT2D eigenvalue weighted by Gasteiger charge is -2.23. The molecule has 0 atom stereocenters. The average molecular weight is 1570 g/mol. The van der Waals surface area contributed by atoms with Gasteiger partial charge in [0.15, 0.2) is 0 Å². The van der Waals surface area contributed by atoms with E-state index in [0.717, 1.165) is 0 Å². The van der Waals surface area contributed by atoms with E-state index < -0.39 is 16.1 Å². The van der Waals surface area contributed by atoms with Gasteiger partial charge in [-0.25, -0.2) is 0 Å². The van der Waals surface area contributed by atoms with Crippen LogP contribution < -0.4 is 20.7 Å². The predicted octanol–water partition coefficient (Wildman–Crippen LogP) is 30.2. The highest BCUT2D eigenvalue weighted by atomic mass is 28.3. The molecule has 0 aromatic heterocycles. The summed E-state index contributed by atoms with van der Waals surface area (Å²) in [6.45, 7) is 14.9. The van der Waals surface area contributed by atoms with Crippen molar-refractivity contribution in [2.24, 2.45) is 0 Å². The molecule has 0 nitrogen and oxygen atoms in total. The fraction of sp³-hybridized carbons (Fsp3) is 0.0588. The van der Waals surface area contributed by atoms with Crippen LogP contribution in [0.4, 0.5) is 0 Å². The molecular formula is C119H88Si2. The first-order valence-corrected chi connectivity index (χ1v) is 48.7. The molecule has 0 bridgehead atoms. The Labute approximate surface area is 711 Å². The van der Waals surface area contributed by atoms with E-state index in [1.54, 1.807) is 0 Å². The lowest BCUT2D eigenvalue weighted by atomic mass is 9.81. The summed E-state index contributed by atoms with van der Waals surface area (Å²) in [5.74, 6) is 0. The van der Waals surface area contributed by atoms with Crippen LogP contribution in [0, 0.1) is 0 Å². The third kappa shape index (κ3) is 12.4. The molecule has 121 heavy (non-hydrogen) atoms. The fourth-order valence-electron chi connectivity index (χ4n) is 20.7. The van der Waals surface area contributed by atoms with E-state index in [1.165, 1.54) is 231 Å². The van der Waals surface area contributed by atoms with Crippen molar-refractivity contribution in [2.45, 2.75) is 45.5 Å². The molecule has 2 aliphatic heterocycles. The normalized spacial score (nSPS) is 13.4. The van der Waals surface area contributed by atoms with Crippen molar-refractivity contribution in [3.8, 4) is 156 Å². The average Bonchev–Trinajstić information content (AvgIpc) is 1.27. The minimum absolute atomic E-state index is 0.0750. The van der Waals surface area contributed by atoms with E-state index in [2.05, 4.69) is 465 Å². The Hall–Kier alpha value is -14.1. The zero-order valence-corrected chi connectivity index (χ0v) is 70.9. The smallest absolute Gasteiger partial charge is 0.0623 e. The zero-order chi connectivity index (χ0) is 81.2. The minimum atomic E-state index is -2.00. The Kier molecular flexibility index (Phi) is 17.6. The standard InChI is InChI=1S/C61H46Si.C58H42Si/c1-61(2)55-21-13-11-19-47(55)48-33-31-46(36-56(48)61)45-32-34-50-52(35-45)60(44-29-25-42(26-30-44)40-17-9-6-10-18-40)54-38-58-51(49-20-12-14-22-57(49)62(58,3)4)37-53(54)59(50)43-27-23-41(24-28-43)39-15-7-5-8-16-39;1-59(2)55-21-13-12-20-49(55)51-37-53-54(38-56(51)59)58(47-32-28-44(29-33-47)41-18-10-5-11-19-41)52-36-48(45-24-22-42(23-25-45)39-14-6-3-7-15-39)34-35-50(52)57(53)46-30-26-43(27-31-46)40-16-8-4-9-17-40/h5-38H,1-4H3;3-38H,1-2H3. The number of hydrogen-bond donors (Lipinski definition) is 0. The van der Waals surface area contributed by atoms with Gasteiger partial charge in [-0.15, -0.1) is 0 Å². The first kappa shape index (κ1) is 73.3. The Morgan fingerprint density at radius 1 is 0.149 bits per heavy atom. The van der Waals surface area contributed by atoms with Crippen molar-refractivity contribution < 1.29 is 0 Å². The number of benzene rings is 20. The third-order valence-electron chi connectivity index (χ3n) is 27.0. The molecule has 20 aromatic carbocycles. The summed E-state index contributed by atoms with van der Waals surface area (Å²) >= 11 is 0. The van der Waals surface area contributed by atoms with Gasteiger partial charge in [0.2, 0.25) is 0 Å². The summed E-state index contributed by atoms with van der Waals surface area (Å²) < 4.78 is 0. The first-order chi connectivity index (χ1) is 59.3. The Balaban J connectivity index is 0.000000145. The first-order valence-electron chi connectivity index (χ1n) is 42.7. The molecule has 2 heterocycles. The van der Waals surface area contributed by atoms with E-state index in [-0.39, 0.29) is 5.41 Å². The molecule has 2 heteroatoms. The summed E-state index contributed by atoms with van der Waals surface area (Å²) in [4.78, 5) is 0. The van der Waals surface area contributed by atoms with Crippen molar-refractivity contribution in [3.05, 3.63) is 436 Å². The van der Waals surface area contributed by atoms with Crippen LogP contribution in [-0.2, 0) is 5.41 Å². The van der Waals surface area contributed by atoms with Crippen molar-refractivity contribution in [1.82, 2.24) is 0 Å². The molecule has 0 unspecified atom stereocenters. The number of fused-ring (bicyclic) bond motifs is 13. The van der Waals surface area contributed by atoms with E-state index >= 15 is 0 Å². The minimum Gasteiger partial charge on any atom is -0.0623 e. The van der Waals surface area contributed by atoms with Crippen LogP contribution in [0.25, 0.3) is 199 Å². The van der Waals surface area contributed by atoms with Crippen LogP contribution in [0.15, 0.2) is 425 Å². The van der Waals surface area contributed by atoms with Gasteiger partial charge >= 0.3 is 0 Å². The maximum Gasteiger partial charge on any atom is 0.113 e. The van der Waals surface area contributed by atoms with Gasteiger partial charge in [-0.05, 0) is 261 Å². The van der Waals surface area contributed by atoms with Crippen LogP contribution in [-0.4, -0.2) is 16.1 Å². The summed E-state index contributed by atoms with van der Waals surface area (Å²) in [6, 6.07) is 159. The van der Waals surface area contributed by atoms with Crippen molar-refractivity contribution in [1.29, 1.82) is 0 Å². The lowest BCUT2D eigenvalue weighted by molar-refractivity contribution is 0.660. The molecule has 0 spiro atoms. The molecule has 0 saturated heterocycles. The highest BCUT2D eigenvalue weighted by Crippen LogP contribution is 2.53. The maximum atomic E-state index is 2.61. The molecule has 1 aliphatic carbocycles. The van der Waals surface area contributed by atoms with Gasteiger partial charge in [0.25, 0.3) is 0 Å². The quantitative estimate of drug-likeness (QED) is 0.0894. The lowest BCUT2D eigenvalue weighted by Crippen LogP contribution is -2.49. The summed E-state index contributed by atoms with van der Waals surface area (Å²) in [6.07, 6.45) is 0. The van der Waals surface area contributed by atoms with E-state index in [1.807, 2.05) is 0 Å². The molecule has 20 aromatic rings. The molecule has 0 N–H and O–H groups in total. The SMILES string of the molecule is CC1(C)c2ccccc2-c2ccc(-c3ccc4c(-c5ccc(-c6ccccc6)cc5)c5cc6c(cc5c(-c5ccc(-c7ccccc7)cc5)c4c3)[Si](C)(C)c3ccccc3-6)cc21.C[Si]1(C)c2ccccc2-c2cc3c(-c4ccc(-c5ccccc5)cc4)c4ccc(-c5ccc(-c6ccccc6)cc5)cc4c(-c4ccc(-c5ccccc5)cc4)c3cc21. The summed E-state index contributed by atoms with van der Waals surface area (Å²) in [5.41, 5.74) is 38.3. The van der Waals surface area contributed by atoms with Crippen LogP contribution in [0.5, 0.6) is 0 Å². The van der Waals surface area contributed by atoms with Gasteiger partial charge in [0.05, 0.1) is 0 Å². The van der Waals surface area contributed by atoms with Crippen molar-refractivity contribution >= 4 is 80.0 Å². The van der Waals surface area contributed by atoms with Crippen LogP contribution >= 0.6 is 0 Å². The Morgan fingerprint density at radius 3 is 0.736 bits per heavy atom. The molecule has 572 valence electrons. The monoisotopic (exact) mass is 1570 g/mol. The second-order valence-electron chi connectivity index (χ2n) is 34.9. The molecular weight excluding hydrogens is 1490 g/mol. The molecule has 0 radical (unpaired) electrons. The fourth-order valence-corrected chi connectivity index (χ4v) is 26.8. The second kappa shape index (κ2) is 29.1. The van der Waals surface area contributed by atoms with E-state index in [9.17, 15) is 0 Å². The predicted molar refractivity (Wildman–Crippen MR) is 525 cm³/mol. The third-order valence-corrected chi connectivity index (χ3v) is 34.1. The largest absolute Gasteiger partial charge is 0.113 e. The van der Waals surface area contributed by atoms with Gasteiger partial charge in [-0.1, -0.05) is 434 Å². The van der Waals surface area contributed by atoms with Crippen molar-refractivity contribution in [2.75, 3.05) is 0 Å². The molecule has 0 saturated carbocycles. The van der Waals surface area contributed by atoms with Crippen molar-refractivity contribution in [3.63, 3.8) is 0 Å². The number of rotatable bonds is 11. The van der Waals surface area contributed by atoms with Crippen LogP contribution in [0.2, 0.25) is 26.2 Å². The van der Waals surface area contributed by atoms with Gasteiger partial charge in [0, 0.05) is 5.41 Å². The highest BCUT2D eigenvalue weighted by Gasteiger charge is 2.41. The van der Waals surface area contributed by atoms with Gasteiger partial charge in [-0.2, -0.15) is 0 Å². The number of hydrogen-bond acceptors (Lipinski definition) is 0. The van der Waals surface area contributed by atoms with E-state index in [0.29, 0.717) is 0 Å². The van der Waals surface area contributed by atoms with Gasteiger partial charge in [-0.3, -0.25) is 0 Å².